The van der Waals surface area contributed by atoms with Gasteiger partial charge in [-0.25, -0.2) is 4.39 Å². The van der Waals surface area contributed by atoms with Crippen LogP contribution in [0.5, 0.6) is 5.75 Å². The number of likely N-dealkylation sites (tertiary alicyclic amines) is 1. The molecular weight excluding hydrogens is 426 g/mol. The Morgan fingerprint density at radius 3 is 2.19 bits per heavy atom. The molecule has 0 radical (unpaired) electrons. The molecule has 1 aliphatic heterocycles. The third kappa shape index (κ3) is 5.66. The highest BCUT2D eigenvalue weighted by Crippen LogP contribution is 2.52. The number of Topliss-reactive ketones (excluding diaryl/α,β-unsaturated/α-hetero) is 1. The van der Waals surface area contributed by atoms with Crippen molar-refractivity contribution in [2.45, 2.75) is 50.1 Å². The van der Waals surface area contributed by atoms with E-state index in [0.29, 0.717) is 0 Å². The Labute approximate surface area is 184 Å². The molecular formula is C24H25F4NO3. The standard InChI is InChI=1S/C24H25F4NO3/c25-19-5-1-17(2-6-19)15-20(30)16-31-21-9-13-29(14-10-21)23(11-12-23)18-3-7-22(8-4-18)32-24(26,27)28/h1-8,21H,9-16H2. The molecule has 172 valence electrons. The van der Waals surface area contributed by atoms with Crippen LogP contribution in [0.15, 0.2) is 48.5 Å². The number of rotatable bonds is 8. The van der Waals surface area contributed by atoms with Crippen molar-refractivity contribution in [2.24, 2.45) is 0 Å². The van der Waals surface area contributed by atoms with Crippen LogP contribution in [0.2, 0.25) is 0 Å². The molecule has 0 amide bonds. The SMILES string of the molecule is O=C(COC1CCN(C2(c3ccc(OC(F)(F)F)cc3)CC2)CC1)Cc1ccc(F)cc1. The number of carbonyl (C=O) groups excluding carboxylic acids is 1. The maximum atomic E-state index is 13.0. The summed E-state index contributed by atoms with van der Waals surface area (Å²) in [7, 11) is 0. The van der Waals surface area contributed by atoms with E-state index in [1.807, 2.05) is 0 Å². The zero-order valence-corrected chi connectivity index (χ0v) is 17.5. The van der Waals surface area contributed by atoms with Crippen molar-refractivity contribution in [3.8, 4) is 5.75 Å². The number of nitrogens with zero attached hydrogens (tertiary/aromatic N) is 1. The van der Waals surface area contributed by atoms with Gasteiger partial charge in [0.25, 0.3) is 0 Å². The highest BCUT2D eigenvalue weighted by atomic mass is 19.4. The quantitative estimate of drug-likeness (QED) is 0.529. The monoisotopic (exact) mass is 451 g/mol. The molecule has 0 spiro atoms. The summed E-state index contributed by atoms with van der Waals surface area (Å²) in [6.07, 6.45) is -0.955. The lowest BCUT2D eigenvalue weighted by Crippen LogP contribution is -2.43. The Bertz CT molecular complexity index is 916. The van der Waals surface area contributed by atoms with Gasteiger partial charge in [0.2, 0.25) is 0 Å². The maximum absolute atomic E-state index is 13.0. The molecule has 0 atom stereocenters. The average molecular weight is 451 g/mol. The fourth-order valence-electron chi connectivity index (χ4n) is 4.41. The molecule has 1 saturated carbocycles. The van der Waals surface area contributed by atoms with Gasteiger partial charge in [-0.2, -0.15) is 0 Å². The molecule has 0 unspecified atom stereocenters. The van der Waals surface area contributed by atoms with Crippen molar-refractivity contribution < 1.29 is 31.8 Å². The summed E-state index contributed by atoms with van der Waals surface area (Å²) in [5.74, 6) is -0.587. The zero-order valence-electron chi connectivity index (χ0n) is 17.5. The van der Waals surface area contributed by atoms with Gasteiger partial charge in [0, 0.05) is 25.0 Å². The van der Waals surface area contributed by atoms with Crippen LogP contribution in [-0.4, -0.2) is 42.8 Å². The molecule has 2 aromatic rings. The number of hydrogen-bond acceptors (Lipinski definition) is 4. The van der Waals surface area contributed by atoms with Crippen molar-refractivity contribution in [2.75, 3.05) is 19.7 Å². The smallest absolute Gasteiger partial charge is 0.406 e. The van der Waals surface area contributed by atoms with Crippen LogP contribution in [0.4, 0.5) is 17.6 Å². The van der Waals surface area contributed by atoms with Gasteiger partial charge < -0.3 is 9.47 Å². The van der Waals surface area contributed by atoms with Gasteiger partial charge in [-0.05, 0) is 61.1 Å². The lowest BCUT2D eigenvalue weighted by Gasteiger charge is -2.38. The van der Waals surface area contributed by atoms with Crippen LogP contribution in [-0.2, 0) is 21.5 Å². The molecule has 32 heavy (non-hydrogen) atoms. The largest absolute Gasteiger partial charge is 0.573 e. The Morgan fingerprint density at radius 2 is 1.62 bits per heavy atom. The summed E-state index contributed by atoms with van der Waals surface area (Å²) >= 11 is 0. The van der Waals surface area contributed by atoms with Gasteiger partial charge in [0.1, 0.15) is 18.2 Å². The molecule has 4 nitrogen and oxygen atoms in total. The highest BCUT2D eigenvalue weighted by Gasteiger charge is 2.50. The number of alkyl halides is 3. The van der Waals surface area contributed by atoms with E-state index in [-0.39, 0.29) is 42.0 Å². The Kier molecular flexibility index (Phi) is 6.53. The summed E-state index contributed by atoms with van der Waals surface area (Å²) < 4.78 is 59.9. The lowest BCUT2D eigenvalue weighted by atomic mass is 9.98. The third-order valence-electron chi connectivity index (χ3n) is 6.19. The predicted molar refractivity (Wildman–Crippen MR) is 110 cm³/mol. The second-order valence-corrected chi connectivity index (χ2v) is 8.44. The summed E-state index contributed by atoms with van der Waals surface area (Å²) in [5.41, 5.74) is 1.64. The van der Waals surface area contributed by atoms with Crippen molar-refractivity contribution in [3.63, 3.8) is 0 Å². The molecule has 2 fully saturated rings. The van der Waals surface area contributed by atoms with Crippen molar-refractivity contribution in [3.05, 3.63) is 65.5 Å². The van der Waals surface area contributed by atoms with Gasteiger partial charge in [0.15, 0.2) is 5.78 Å². The van der Waals surface area contributed by atoms with Crippen LogP contribution >= 0.6 is 0 Å². The van der Waals surface area contributed by atoms with Crippen LogP contribution in [0, 0.1) is 5.82 Å². The van der Waals surface area contributed by atoms with Crippen LogP contribution in [0.3, 0.4) is 0 Å². The van der Waals surface area contributed by atoms with Crippen LogP contribution in [0.1, 0.15) is 36.8 Å². The van der Waals surface area contributed by atoms with E-state index in [1.165, 1.54) is 24.3 Å². The molecule has 2 aromatic carbocycles. The van der Waals surface area contributed by atoms with E-state index in [4.69, 9.17) is 4.74 Å². The first kappa shape index (κ1) is 22.7. The van der Waals surface area contributed by atoms with Crippen molar-refractivity contribution in [1.82, 2.24) is 4.90 Å². The number of halogens is 4. The fraction of sp³-hybridized carbons (Fsp3) is 0.458. The minimum absolute atomic E-state index is 0.00165. The van der Waals surface area contributed by atoms with E-state index in [1.54, 1.807) is 24.3 Å². The molecule has 1 saturated heterocycles. The number of ketones is 1. The molecule has 0 aromatic heterocycles. The number of ether oxygens (including phenoxy) is 2. The van der Waals surface area contributed by atoms with Crippen LogP contribution < -0.4 is 4.74 Å². The number of carbonyl (C=O) groups is 1. The third-order valence-corrected chi connectivity index (χ3v) is 6.19. The Hall–Kier alpha value is -2.45. The van der Waals surface area contributed by atoms with Gasteiger partial charge >= 0.3 is 6.36 Å². The topological polar surface area (TPSA) is 38.8 Å². The lowest BCUT2D eigenvalue weighted by molar-refractivity contribution is -0.274. The minimum atomic E-state index is -4.69. The maximum Gasteiger partial charge on any atom is 0.573 e. The minimum Gasteiger partial charge on any atom is -0.406 e. The molecule has 8 heteroatoms. The zero-order chi connectivity index (χ0) is 22.8. The molecule has 1 aliphatic carbocycles. The van der Waals surface area contributed by atoms with Gasteiger partial charge in [-0.1, -0.05) is 24.3 Å². The van der Waals surface area contributed by atoms with Crippen LogP contribution in [0.25, 0.3) is 0 Å². The number of piperidine rings is 1. The van der Waals surface area contributed by atoms with Gasteiger partial charge in [0.05, 0.1) is 6.10 Å². The summed E-state index contributed by atoms with van der Waals surface area (Å²) in [6.45, 7) is 1.64. The number of hydrogen-bond donors (Lipinski definition) is 0. The van der Waals surface area contributed by atoms with E-state index in [9.17, 15) is 22.4 Å². The van der Waals surface area contributed by atoms with E-state index in [2.05, 4.69) is 9.64 Å². The first-order valence-electron chi connectivity index (χ1n) is 10.7. The average Bonchev–Trinajstić information content (AvgIpc) is 3.56. The first-order chi connectivity index (χ1) is 15.2. The second-order valence-electron chi connectivity index (χ2n) is 8.44. The molecule has 0 N–H and O–H groups in total. The predicted octanol–water partition coefficient (Wildman–Crippen LogP) is 5.01. The summed E-state index contributed by atoms with van der Waals surface area (Å²) in [4.78, 5) is 14.5. The number of benzene rings is 2. The molecule has 2 aliphatic rings. The van der Waals surface area contributed by atoms with E-state index in [0.717, 1.165) is 49.9 Å². The first-order valence-corrected chi connectivity index (χ1v) is 10.7. The van der Waals surface area contributed by atoms with Gasteiger partial charge in [-0.15, -0.1) is 13.2 Å². The second kappa shape index (κ2) is 9.19. The molecule has 0 bridgehead atoms. The van der Waals surface area contributed by atoms with Gasteiger partial charge in [-0.3, -0.25) is 9.69 Å². The van der Waals surface area contributed by atoms with Crippen molar-refractivity contribution in [1.29, 1.82) is 0 Å². The van der Waals surface area contributed by atoms with E-state index < -0.39 is 6.36 Å². The molecule has 1 heterocycles. The highest BCUT2D eigenvalue weighted by molar-refractivity contribution is 5.82. The normalized spacial score (nSPS) is 19.0. The molecule has 4 rings (SSSR count). The summed E-state index contributed by atoms with van der Waals surface area (Å²) in [5, 5.41) is 0. The Morgan fingerprint density at radius 1 is 1.00 bits per heavy atom. The summed E-state index contributed by atoms with van der Waals surface area (Å²) in [6, 6.07) is 12.0. The van der Waals surface area contributed by atoms with Crippen molar-refractivity contribution >= 4 is 5.78 Å². The fourth-order valence-corrected chi connectivity index (χ4v) is 4.41. The Balaban J connectivity index is 1.24. The van der Waals surface area contributed by atoms with E-state index >= 15 is 0 Å².